The van der Waals surface area contributed by atoms with Gasteiger partial charge in [-0.15, -0.1) is 0 Å². The Hall–Kier alpha value is -2.56. The fourth-order valence-corrected chi connectivity index (χ4v) is 3.80. The van der Waals surface area contributed by atoms with E-state index in [9.17, 15) is 9.18 Å². The van der Waals surface area contributed by atoms with Gasteiger partial charge in [0.15, 0.2) is 17.7 Å². The highest BCUT2D eigenvalue weighted by molar-refractivity contribution is 5.81. The Kier molecular flexibility index (Phi) is 7.13. The summed E-state index contributed by atoms with van der Waals surface area (Å²) in [5.74, 6) is 0.121. The zero-order valence-corrected chi connectivity index (χ0v) is 17.5. The summed E-state index contributed by atoms with van der Waals surface area (Å²) >= 11 is 0. The number of hydrogen-bond acceptors (Lipinski definition) is 3. The number of hydrogen-bond donors (Lipinski definition) is 1. The van der Waals surface area contributed by atoms with E-state index >= 15 is 0 Å². The van der Waals surface area contributed by atoms with Gasteiger partial charge in [-0.25, -0.2) is 4.39 Å². The topological polar surface area (TPSA) is 41.6 Å². The minimum absolute atomic E-state index is 0.0993. The number of piperidine rings is 1. The van der Waals surface area contributed by atoms with Crippen LogP contribution < -0.4 is 15.0 Å². The van der Waals surface area contributed by atoms with Crippen LogP contribution in [-0.4, -0.2) is 25.1 Å². The molecule has 0 aliphatic carbocycles. The predicted octanol–water partition coefficient (Wildman–Crippen LogP) is 5.10. The van der Waals surface area contributed by atoms with Crippen molar-refractivity contribution in [2.75, 3.05) is 18.0 Å². The minimum atomic E-state index is -0.733. The number of nitrogens with zero attached hydrogens (tertiary/aromatic N) is 1. The Morgan fingerprint density at radius 3 is 2.62 bits per heavy atom. The third kappa shape index (κ3) is 5.49. The van der Waals surface area contributed by atoms with Crippen LogP contribution in [0.15, 0.2) is 48.5 Å². The van der Waals surface area contributed by atoms with Crippen LogP contribution in [0.4, 0.5) is 10.1 Å². The second-order valence-corrected chi connectivity index (χ2v) is 7.96. The molecule has 0 spiro atoms. The Morgan fingerprint density at radius 2 is 1.97 bits per heavy atom. The molecule has 1 aliphatic heterocycles. The third-order valence-electron chi connectivity index (χ3n) is 5.54. The number of amides is 1. The van der Waals surface area contributed by atoms with Crippen LogP contribution in [0.5, 0.6) is 5.75 Å². The van der Waals surface area contributed by atoms with Crippen LogP contribution in [0.2, 0.25) is 0 Å². The summed E-state index contributed by atoms with van der Waals surface area (Å²) in [7, 11) is 0. The highest BCUT2D eigenvalue weighted by Crippen LogP contribution is 2.25. The average molecular weight is 399 g/mol. The number of anilines is 1. The molecule has 1 heterocycles. The summed E-state index contributed by atoms with van der Waals surface area (Å²) in [6.07, 6.45) is 2.25. The highest BCUT2D eigenvalue weighted by atomic mass is 19.1. The lowest BCUT2D eigenvalue weighted by Gasteiger charge is -2.33. The molecule has 0 radical (unpaired) electrons. The van der Waals surface area contributed by atoms with E-state index in [1.54, 1.807) is 12.1 Å². The zero-order chi connectivity index (χ0) is 20.8. The first-order valence-electron chi connectivity index (χ1n) is 10.5. The number of halogens is 1. The van der Waals surface area contributed by atoms with Crippen LogP contribution in [0.25, 0.3) is 0 Å². The van der Waals surface area contributed by atoms with Crippen LogP contribution in [0.3, 0.4) is 0 Å². The maximum absolute atomic E-state index is 13.8. The molecule has 3 atom stereocenters. The molecule has 29 heavy (non-hydrogen) atoms. The SMILES string of the molecule is CCC(Oc1ccccc1F)C(=O)NC(C)c1ccc(N2CCCC(C)C2)cc1. The predicted molar refractivity (Wildman–Crippen MR) is 115 cm³/mol. The number of carbonyl (C=O) groups is 1. The molecule has 3 unspecified atom stereocenters. The molecule has 1 N–H and O–H groups in total. The first-order chi connectivity index (χ1) is 14.0. The molecule has 5 heteroatoms. The van der Waals surface area contributed by atoms with Crippen molar-refractivity contribution in [1.29, 1.82) is 0 Å². The Labute approximate surface area is 173 Å². The molecule has 1 saturated heterocycles. The largest absolute Gasteiger partial charge is 0.478 e. The van der Waals surface area contributed by atoms with E-state index in [0.29, 0.717) is 6.42 Å². The van der Waals surface area contributed by atoms with Crippen LogP contribution in [0, 0.1) is 11.7 Å². The summed E-state index contributed by atoms with van der Waals surface area (Å²) in [6, 6.07) is 14.4. The van der Waals surface area contributed by atoms with Gasteiger partial charge in [0.2, 0.25) is 0 Å². The third-order valence-corrected chi connectivity index (χ3v) is 5.54. The monoisotopic (exact) mass is 398 g/mol. The number of para-hydroxylation sites is 1. The van der Waals surface area contributed by atoms with E-state index in [0.717, 1.165) is 24.6 Å². The van der Waals surface area contributed by atoms with E-state index in [2.05, 4.69) is 41.4 Å². The number of benzene rings is 2. The van der Waals surface area contributed by atoms with Gasteiger partial charge in [0, 0.05) is 18.8 Å². The molecule has 0 bridgehead atoms. The van der Waals surface area contributed by atoms with Gasteiger partial charge >= 0.3 is 0 Å². The normalized spacial score (nSPS) is 18.8. The average Bonchev–Trinajstić information content (AvgIpc) is 2.73. The Balaban J connectivity index is 1.60. The van der Waals surface area contributed by atoms with E-state index in [-0.39, 0.29) is 17.7 Å². The van der Waals surface area contributed by atoms with Gasteiger partial charge in [0.05, 0.1) is 6.04 Å². The lowest BCUT2D eigenvalue weighted by Crippen LogP contribution is -2.39. The van der Waals surface area contributed by atoms with Crippen molar-refractivity contribution < 1.29 is 13.9 Å². The van der Waals surface area contributed by atoms with Crippen LogP contribution >= 0.6 is 0 Å². The van der Waals surface area contributed by atoms with Gasteiger partial charge in [-0.2, -0.15) is 0 Å². The summed E-state index contributed by atoms with van der Waals surface area (Å²) in [4.78, 5) is 15.1. The van der Waals surface area contributed by atoms with Crippen molar-refractivity contribution in [3.8, 4) is 5.75 Å². The smallest absolute Gasteiger partial charge is 0.261 e. The number of nitrogens with one attached hydrogen (secondary N) is 1. The molecular weight excluding hydrogens is 367 g/mol. The number of carbonyl (C=O) groups excluding carboxylic acids is 1. The maximum Gasteiger partial charge on any atom is 0.261 e. The lowest BCUT2D eigenvalue weighted by atomic mass is 9.99. The lowest BCUT2D eigenvalue weighted by molar-refractivity contribution is -0.128. The van der Waals surface area contributed by atoms with E-state index in [1.165, 1.54) is 30.7 Å². The van der Waals surface area contributed by atoms with Crippen molar-refractivity contribution >= 4 is 11.6 Å². The van der Waals surface area contributed by atoms with Crippen molar-refractivity contribution in [3.63, 3.8) is 0 Å². The highest BCUT2D eigenvalue weighted by Gasteiger charge is 2.22. The van der Waals surface area contributed by atoms with E-state index in [1.807, 2.05) is 13.8 Å². The van der Waals surface area contributed by atoms with Gasteiger partial charge < -0.3 is 15.0 Å². The summed E-state index contributed by atoms with van der Waals surface area (Å²) in [6.45, 7) is 8.29. The van der Waals surface area contributed by atoms with Gasteiger partial charge in [-0.1, -0.05) is 38.1 Å². The fraction of sp³-hybridized carbons (Fsp3) is 0.458. The quantitative estimate of drug-likeness (QED) is 0.706. The van der Waals surface area contributed by atoms with Crippen molar-refractivity contribution in [1.82, 2.24) is 5.32 Å². The van der Waals surface area contributed by atoms with Crippen molar-refractivity contribution in [2.45, 2.75) is 52.2 Å². The first-order valence-corrected chi connectivity index (χ1v) is 10.5. The molecule has 0 saturated carbocycles. The van der Waals surface area contributed by atoms with Crippen molar-refractivity contribution in [3.05, 3.63) is 59.9 Å². The standard InChI is InChI=1S/C24H31FN2O2/c1-4-22(29-23-10-6-5-9-21(23)25)24(28)26-18(3)19-11-13-20(14-12-19)27-15-7-8-17(2)16-27/h5-6,9-14,17-18,22H,4,7-8,15-16H2,1-3H3,(H,26,28). The number of ether oxygens (including phenoxy) is 1. The minimum Gasteiger partial charge on any atom is -0.478 e. The van der Waals surface area contributed by atoms with Gasteiger partial charge in [-0.05, 0) is 61.9 Å². The van der Waals surface area contributed by atoms with Gasteiger partial charge in [0.25, 0.3) is 5.91 Å². The molecule has 156 valence electrons. The maximum atomic E-state index is 13.8. The second kappa shape index (κ2) is 9.77. The molecule has 1 fully saturated rings. The fourth-order valence-electron chi connectivity index (χ4n) is 3.80. The molecule has 2 aromatic carbocycles. The summed E-state index contributed by atoms with van der Waals surface area (Å²) in [5, 5.41) is 2.99. The summed E-state index contributed by atoms with van der Waals surface area (Å²) < 4.78 is 19.4. The Morgan fingerprint density at radius 1 is 1.24 bits per heavy atom. The van der Waals surface area contributed by atoms with Gasteiger partial charge in [-0.3, -0.25) is 4.79 Å². The zero-order valence-electron chi connectivity index (χ0n) is 17.5. The van der Waals surface area contributed by atoms with E-state index < -0.39 is 11.9 Å². The molecule has 0 aromatic heterocycles. The first kappa shape index (κ1) is 21.2. The summed E-state index contributed by atoms with van der Waals surface area (Å²) in [5.41, 5.74) is 2.26. The molecule has 4 nitrogen and oxygen atoms in total. The van der Waals surface area contributed by atoms with Gasteiger partial charge in [0.1, 0.15) is 0 Å². The molecular formula is C24H31FN2O2. The second-order valence-electron chi connectivity index (χ2n) is 7.96. The van der Waals surface area contributed by atoms with Crippen LogP contribution in [-0.2, 0) is 4.79 Å². The number of rotatable bonds is 7. The molecule has 3 rings (SSSR count). The molecule has 2 aromatic rings. The molecule has 1 aliphatic rings. The van der Waals surface area contributed by atoms with Crippen molar-refractivity contribution in [2.24, 2.45) is 5.92 Å². The molecule has 1 amide bonds. The van der Waals surface area contributed by atoms with Crippen LogP contribution in [0.1, 0.15) is 51.6 Å². The Bertz CT molecular complexity index is 809. The van der Waals surface area contributed by atoms with E-state index in [4.69, 9.17) is 4.74 Å².